The van der Waals surface area contributed by atoms with Gasteiger partial charge in [-0.05, 0) is 47.6 Å². The predicted molar refractivity (Wildman–Crippen MR) is 75.8 cm³/mol. The van der Waals surface area contributed by atoms with Crippen LogP contribution >= 0.6 is 15.9 Å². The SMILES string of the molecule is COc1ccc(-c2nc(CCN)[nH]c2C)cc1Br. The van der Waals surface area contributed by atoms with Crippen LogP contribution in [0.3, 0.4) is 0 Å². The van der Waals surface area contributed by atoms with E-state index in [1.165, 1.54) is 0 Å². The Balaban J connectivity index is 2.39. The second-order valence-electron chi connectivity index (χ2n) is 4.05. The molecule has 0 saturated heterocycles. The maximum atomic E-state index is 5.54. The van der Waals surface area contributed by atoms with Crippen molar-refractivity contribution in [3.05, 3.63) is 34.2 Å². The van der Waals surface area contributed by atoms with Gasteiger partial charge in [-0.15, -0.1) is 0 Å². The van der Waals surface area contributed by atoms with Crippen LogP contribution in [0, 0.1) is 6.92 Å². The summed E-state index contributed by atoms with van der Waals surface area (Å²) in [5, 5.41) is 0. The summed E-state index contributed by atoms with van der Waals surface area (Å²) in [6, 6.07) is 5.93. The molecule has 0 bridgehead atoms. The van der Waals surface area contributed by atoms with Crippen molar-refractivity contribution in [3.8, 4) is 17.0 Å². The minimum absolute atomic E-state index is 0.596. The van der Waals surface area contributed by atoms with Crippen LogP contribution in [-0.4, -0.2) is 23.6 Å². The number of nitrogens with two attached hydrogens (primary N) is 1. The van der Waals surface area contributed by atoms with E-state index in [4.69, 9.17) is 10.5 Å². The van der Waals surface area contributed by atoms with Crippen molar-refractivity contribution in [1.29, 1.82) is 0 Å². The monoisotopic (exact) mass is 309 g/mol. The molecule has 1 aromatic heterocycles. The number of aromatic nitrogens is 2. The molecule has 96 valence electrons. The first kappa shape index (κ1) is 13.1. The number of methoxy groups -OCH3 is 1. The van der Waals surface area contributed by atoms with Crippen LogP contribution in [-0.2, 0) is 6.42 Å². The molecule has 0 atom stereocenters. The number of imidazole rings is 1. The number of ether oxygens (including phenoxy) is 1. The number of aromatic amines is 1. The molecule has 5 heteroatoms. The highest BCUT2D eigenvalue weighted by molar-refractivity contribution is 9.10. The highest BCUT2D eigenvalue weighted by Crippen LogP contribution is 2.31. The molecule has 0 saturated carbocycles. The molecular formula is C13H16BrN3O. The molecule has 2 rings (SSSR count). The molecule has 1 aromatic carbocycles. The highest BCUT2D eigenvalue weighted by atomic mass is 79.9. The predicted octanol–water partition coefficient (Wildman–Crippen LogP) is 2.66. The summed E-state index contributed by atoms with van der Waals surface area (Å²) in [4.78, 5) is 7.82. The van der Waals surface area contributed by atoms with E-state index in [0.29, 0.717) is 6.54 Å². The number of aryl methyl sites for hydroxylation is 1. The topological polar surface area (TPSA) is 63.9 Å². The molecular weight excluding hydrogens is 294 g/mol. The van der Waals surface area contributed by atoms with Gasteiger partial charge in [0.1, 0.15) is 11.6 Å². The van der Waals surface area contributed by atoms with Crippen LogP contribution in [0.15, 0.2) is 22.7 Å². The van der Waals surface area contributed by atoms with Gasteiger partial charge in [-0.2, -0.15) is 0 Å². The lowest BCUT2D eigenvalue weighted by Gasteiger charge is -2.05. The van der Waals surface area contributed by atoms with Crippen LogP contribution in [0.25, 0.3) is 11.3 Å². The van der Waals surface area contributed by atoms with Gasteiger partial charge in [-0.1, -0.05) is 0 Å². The molecule has 0 spiro atoms. The average molecular weight is 310 g/mol. The fraction of sp³-hybridized carbons (Fsp3) is 0.308. The quantitative estimate of drug-likeness (QED) is 0.912. The zero-order chi connectivity index (χ0) is 13.1. The van der Waals surface area contributed by atoms with Gasteiger partial charge < -0.3 is 15.5 Å². The van der Waals surface area contributed by atoms with Gasteiger partial charge in [-0.25, -0.2) is 4.98 Å². The molecule has 4 nitrogen and oxygen atoms in total. The highest BCUT2D eigenvalue weighted by Gasteiger charge is 2.10. The Morgan fingerprint density at radius 1 is 1.44 bits per heavy atom. The van der Waals surface area contributed by atoms with Crippen molar-refractivity contribution in [2.45, 2.75) is 13.3 Å². The van der Waals surface area contributed by atoms with Crippen molar-refractivity contribution >= 4 is 15.9 Å². The standard InChI is InChI=1S/C13H16BrN3O/c1-8-13(17-12(16-8)5-6-15)9-3-4-11(18-2)10(14)7-9/h3-4,7H,5-6,15H2,1-2H3,(H,16,17). The molecule has 0 aliphatic heterocycles. The zero-order valence-corrected chi connectivity index (χ0v) is 12.0. The van der Waals surface area contributed by atoms with Crippen molar-refractivity contribution < 1.29 is 4.74 Å². The minimum Gasteiger partial charge on any atom is -0.496 e. The van der Waals surface area contributed by atoms with Crippen LogP contribution in [0.1, 0.15) is 11.5 Å². The van der Waals surface area contributed by atoms with Gasteiger partial charge in [0.05, 0.1) is 17.3 Å². The largest absolute Gasteiger partial charge is 0.496 e. The van der Waals surface area contributed by atoms with E-state index in [1.54, 1.807) is 7.11 Å². The maximum Gasteiger partial charge on any atom is 0.133 e. The van der Waals surface area contributed by atoms with E-state index in [1.807, 2.05) is 25.1 Å². The summed E-state index contributed by atoms with van der Waals surface area (Å²) in [5.41, 5.74) is 8.60. The van der Waals surface area contributed by atoms with Gasteiger partial charge in [0.15, 0.2) is 0 Å². The number of nitrogens with zero attached hydrogens (tertiary/aromatic N) is 1. The number of halogens is 1. The summed E-state index contributed by atoms with van der Waals surface area (Å²) in [6.07, 6.45) is 0.762. The van der Waals surface area contributed by atoms with E-state index < -0.39 is 0 Å². The average Bonchev–Trinajstić information content (AvgIpc) is 2.71. The Kier molecular flexibility index (Phi) is 4.04. The Hall–Kier alpha value is -1.33. The van der Waals surface area contributed by atoms with Gasteiger partial charge in [-0.3, -0.25) is 0 Å². The molecule has 2 aromatic rings. The first-order valence-corrected chi connectivity index (χ1v) is 6.54. The van der Waals surface area contributed by atoms with E-state index in [9.17, 15) is 0 Å². The van der Waals surface area contributed by atoms with E-state index in [0.717, 1.165) is 39.4 Å². The first-order chi connectivity index (χ1) is 8.65. The van der Waals surface area contributed by atoms with Gasteiger partial charge in [0, 0.05) is 17.7 Å². The van der Waals surface area contributed by atoms with Gasteiger partial charge in [0.2, 0.25) is 0 Å². The number of nitrogens with one attached hydrogen (secondary N) is 1. The second kappa shape index (κ2) is 5.54. The molecule has 18 heavy (non-hydrogen) atoms. The maximum absolute atomic E-state index is 5.54. The molecule has 0 aliphatic carbocycles. The Morgan fingerprint density at radius 3 is 2.83 bits per heavy atom. The third-order valence-corrected chi connectivity index (χ3v) is 3.36. The van der Waals surface area contributed by atoms with E-state index in [2.05, 4.69) is 25.9 Å². The third kappa shape index (κ3) is 2.57. The second-order valence-corrected chi connectivity index (χ2v) is 4.90. The Bertz CT molecular complexity index is 551. The molecule has 0 fully saturated rings. The summed E-state index contributed by atoms with van der Waals surface area (Å²) in [6.45, 7) is 2.61. The van der Waals surface area contributed by atoms with Gasteiger partial charge >= 0.3 is 0 Å². The summed E-state index contributed by atoms with van der Waals surface area (Å²) in [5.74, 6) is 1.74. The summed E-state index contributed by atoms with van der Waals surface area (Å²) in [7, 11) is 1.65. The molecule has 3 N–H and O–H groups in total. The fourth-order valence-electron chi connectivity index (χ4n) is 1.87. The Labute approximate surface area is 115 Å². The number of hydrogen-bond acceptors (Lipinski definition) is 3. The number of hydrogen-bond donors (Lipinski definition) is 2. The number of H-pyrrole nitrogens is 1. The fourth-order valence-corrected chi connectivity index (χ4v) is 2.41. The lowest BCUT2D eigenvalue weighted by Crippen LogP contribution is -2.03. The lowest BCUT2D eigenvalue weighted by molar-refractivity contribution is 0.412. The summed E-state index contributed by atoms with van der Waals surface area (Å²) >= 11 is 3.48. The third-order valence-electron chi connectivity index (χ3n) is 2.74. The first-order valence-electron chi connectivity index (χ1n) is 5.75. The van der Waals surface area contributed by atoms with E-state index in [-0.39, 0.29) is 0 Å². The molecule has 1 heterocycles. The Morgan fingerprint density at radius 2 is 2.22 bits per heavy atom. The molecule has 0 unspecified atom stereocenters. The molecule has 0 radical (unpaired) electrons. The van der Waals surface area contributed by atoms with Crippen molar-refractivity contribution in [1.82, 2.24) is 9.97 Å². The van der Waals surface area contributed by atoms with Crippen LogP contribution in [0.4, 0.5) is 0 Å². The van der Waals surface area contributed by atoms with Crippen LogP contribution < -0.4 is 10.5 Å². The minimum atomic E-state index is 0.596. The number of rotatable bonds is 4. The van der Waals surface area contributed by atoms with Crippen molar-refractivity contribution in [2.75, 3.05) is 13.7 Å². The normalized spacial score (nSPS) is 10.7. The lowest BCUT2D eigenvalue weighted by atomic mass is 10.1. The molecule has 0 amide bonds. The zero-order valence-electron chi connectivity index (χ0n) is 10.5. The van der Waals surface area contributed by atoms with Crippen LogP contribution in [0.5, 0.6) is 5.75 Å². The van der Waals surface area contributed by atoms with Crippen molar-refractivity contribution in [2.24, 2.45) is 5.73 Å². The van der Waals surface area contributed by atoms with Crippen LogP contribution in [0.2, 0.25) is 0 Å². The smallest absolute Gasteiger partial charge is 0.133 e. The van der Waals surface area contributed by atoms with Gasteiger partial charge in [0.25, 0.3) is 0 Å². The summed E-state index contributed by atoms with van der Waals surface area (Å²) < 4.78 is 6.14. The number of benzene rings is 1. The van der Waals surface area contributed by atoms with Crippen molar-refractivity contribution in [3.63, 3.8) is 0 Å². The molecule has 0 aliphatic rings. The van der Waals surface area contributed by atoms with E-state index >= 15 is 0 Å².